The molecular formula is C17H27N3O3. The minimum atomic E-state index is 0.0307. The van der Waals surface area contributed by atoms with Crippen LogP contribution in [0.2, 0.25) is 0 Å². The molecule has 6 heteroatoms. The quantitative estimate of drug-likeness (QED) is 0.833. The number of piperidine rings is 1. The molecular weight excluding hydrogens is 294 g/mol. The maximum Gasteiger partial charge on any atom is 0.259 e. The second-order valence-electron chi connectivity index (χ2n) is 7.26. The minimum Gasteiger partial charge on any atom is -0.379 e. The van der Waals surface area contributed by atoms with Gasteiger partial charge < -0.3 is 14.2 Å². The van der Waals surface area contributed by atoms with Crippen molar-refractivity contribution in [2.24, 2.45) is 5.41 Å². The Kier molecular flexibility index (Phi) is 4.73. The minimum absolute atomic E-state index is 0.0307. The topological polar surface area (TPSA) is 58.8 Å². The predicted molar refractivity (Wildman–Crippen MR) is 86.3 cm³/mol. The number of carbonyl (C=O) groups is 1. The Morgan fingerprint density at radius 2 is 2.17 bits per heavy atom. The van der Waals surface area contributed by atoms with Crippen LogP contribution in [0, 0.1) is 12.3 Å². The fourth-order valence-corrected chi connectivity index (χ4v) is 3.76. The molecule has 1 unspecified atom stereocenters. The number of hydrogen-bond donors (Lipinski definition) is 0. The molecule has 23 heavy (non-hydrogen) atoms. The first-order valence-corrected chi connectivity index (χ1v) is 8.53. The molecule has 6 nitrogen and oxygen atoms in total. The molecule has 0 bridgehead atoms. The molecule has 2 fully saturated rings. The Balaban J connectivity index is 1.76. The van der Waals surface area contributed by atoms with Gasteiger partial charge in [0, 0.05) is 37.6 Å². The van der Waals surface area contributed by atoms with Gasteiger partial charge in [-0.1, -0.05) is 5.16 Å². The Hall–Kier alpha value is -1.40. The van der Waals surface area contributed by atoms with E-state index in [-0.39, 0.29) is 11.3 Å². The van der Waals surface area contributed by atoms with Crippen molar-refractivity contribution >= 4 is 5.91 Å². The molecule has 0 N–H and O–H groups in total. The van der Waals surface area contributed by atoms with E-state index in [0.29, 0.717) is 17.3 Å². The first kappa shape index (κ1) is 16.5. The number of rotatable bonds is 2. The van der Waals surface area contributed by atoms with Gasteiger partial charge in [-0.3, -0.25) is 9.69 Å². The van der Waals surface area contributed by atoms with Gasteiger partial charge in [-0.05, 0) is 33.6 Å². The number of aryl methyl sites for hydroxylation is 1. The zero-order valence-electron chi connectivity index (χ0n) is 14.4. The number of aromatic nitrogens is 1. The van der Waals surface area contributed by atoms with E-state index in [1.807, 2.05) is 11.8 Å². The molecule has 2 aliphatic heterocycles. The lowest BCUT2D eigenvalue weighted by atomic mass is 9.79. The number of carbonyl (C=O) groups excluding carboxylic acids is 1. The van der Waals surface area contributed by atoms with Gasteiger partial charge in [0.05, 0.1) is 18.9 Å². The Bertz CT molecular complexity index is 557. The summed E-state index contributed by atoms with van der Waals surface area (Å²) in [4.78, 5) is 17.2. The molecule has 2 saturated heterocycles. The SMILES string of the molecule is Cc1nocc1C(=O)N1CCCC2(COCCN(C(C)C)C2)C1. The van der Waals surface area contributed by atoms with Gasteiger partial charge in [0.25, 0.3) is 5.91 Å². The van der Waals surface area contributed by atoms with Crippen molar-refractivity contribution in [2.75, 3.05) is 39.4 Å². The van der Waals surface area contributed by atoms with Crippen molar-refractivity contribution in [3.63, 3.8) is 0 Å². The van der Waals surface area contributed by atoms with E-state index in [0.717, 1.165) is 52.2 Å². The smallest absolute Gasteiger partial charge is 0.259 e. The summed E-state index contributed by atoms with van der Waals surface area (Å²) < 4.78 is 10.8. The molecule has 1 aromatic rings. The molecule has 0 radical (unpaired) electrons. The summed E-state index contributed by atoms with van der Waals surface area (Å²) in [5, 5.41) is 3.83. The molecule has 1 atom stereocenters. The van der Waals surface area contributed by atoms with E-state index < -0.39 is 0 Å². The highest BCUT2D eigenvalue weighted by Gasteiger charge is 2.41. The summed E-state index contributed by atoms with van der Waals surface area (Å²) >= 11 is 0. The summed E-state index contributed by atoms with van der Waals surface area (Å²) in [5.74, 6) is 0.0307. The molecule has 0 aromatic carbocycles. The maximum absolute atomic E-state index is 12.8. The number of nitrogens with zero attached hydrogens (tertiary/aromatic N) is 3. The van der Waals surface area contributed by atoms with E-state index in [4.69, 9.17) is 9.26 Å². The average molecular weight is 321 g/mol. The highest BCUT2D eigenvalue weighted by Crippen LogP contribution is 2.34. The molecule has 0 aliphatic carbocycles. The highest BCUT2D eigenvalue weighted by atomic mass is 16.5. The van der Waals surface area contributed by atoms with Gasteiger partial charge in [-0.15, -0.1) is 0 Å². The fourth-order valence-electron chi connectivity index (χ4n) is 3.76. The standard InChI is InChI=1S/C17H27N3O3/c1-13(2)19-7-8-22-12-17(10-19)5-4-6-20(11-17)16(21)15-9-23-18-14(15)3/h9,13H,4-8,10-12H2,1-3H3. The van der Waals surface area contributed by atoms with E-state index >= 15 is 0 Å². The van der Waals surface area contributed by atoms with Crippen molar-refractivity contribution in [3.8, 4) is 0 Å². The van der Waals surface area contributed by atoms with Gasteiger partial charge in [0.1, 0.15) is 11.8 Å². The molecule has 1 spiro atoms. The van der Waals surface area contributed by atoms with Gasteiger partial charge >= 0.3 is 0 Å². The van der Waals surface area contributed by atoms with Crippen LogP contribution in [0.25, 0.3) is 0 Å². The number of likely N-dealkylation sites (tertiary alicyclic amines) is 1. The molecule has 128 valence electrons. The van der Waals surface area contributed by atoms with E-state index in [1.165, 1.54) is 6.26 Å². The van der Waals surface area contributed by atoms with Crippen LogP contribution in [-0.2, 0) is 4.74 Å². The van der Waals surface area contributed by atoms with Crippen LogP contribution in [0.5, 0.6) is 0 Å². The first-order valence-electron chi connectivity index (χ1n) is 8.53. The van der Waals surface area contributed by atoms with Crippen molar-refractivity contribution in [1.82, 2.24) is 15.0 Å². The maximum atomic E-state index is 12.8. The summed E-state index contributed by atoms with van der Waals surface area (Å²) in [6, 6.07) is 0.500. The van der Waals surface area contributed by atoms with Gasteiger partial charge in [0.2, 0.25) is 0 Å². The molecule has 3 heterocycles. The van der Waals surface area contributed by atoms with Crippen molar-refractivity contribution < 1.29 is 14.1 Å². The summed E-state index contributed by atoms with van der Waals surface area (Å²) in [5.41, 5.74) is 1.28. The first-order chi connectivity index (χ1) is 11.0. The lowest BCUT2D eigenvalue weighted by Gasteiger charge is -2.44. The number of hydrogen-bond acceptors (Lipinski definition) is 5. The van der Waals surface area contributed by atoms with Crippen LogP contribution in [0.3, 0.4) is 0 Å². The average Bonchev–Trinajstić information content (AvgIpc) is 2.85. The third-order valence-corrected chi connectivity index (χ3v) is 5.13. The lowest BCUT2D eigenvalue weighted by molar-refractivity contribution is 0.00568. The van der Waals surface area contributed by atoms with Crippen LogP contribution in [0.15, 0.2) is 10.8 Å². The van der Waals surface area contributed by atoms with Crippen LogP contribution < -0.4 is 0 Å². The van der Waals surface area contributed by atoms with Crippen LogP contribution >= 0.6 is 0 Å². The summed E-state index contributed by atoms with van der Waals surface area (Å²) in [7, 11) is 0. The highest BCUT2D eigenvalue weighted by molar-refractivity contribution is 5.94. The monoisotopic (exact) mass is 321 g/mol. The Labute approximate surface area is 137 Å². The number of ether oxygens (including phenoxy) is 1. The van der Waals surface area contributed by atoms with Crippen LogP contribution in [0.1, 0.15) is 42.7 Å². The van der Waals surface area contributed by atoms with E-state index in [9.17, 15) is 4.79 Å². The molecule has 1 amide bonds. The third-order valence-electron chi connectivity index (χ3n) is 5.13. The Morgan fingerprint density at radius 1 is 1.35 bits per heavy atom. The van der Waals surface area contributed by atoms with Crippen molar-refractivity contribution in [1.29, 1.82) is 0 Å². The molecule has 0 saturated carbocycles. The third kappa shape index (κ3) is 3.43. The molecule has 1 aromatic heterocycles. The largest absolute Gasteiger partial charge is 0.379 e. The number of amides is 1. The fraction of sp³-hybridized carbons (Fsp3) is 0.765. The van der Waals surface area contributed by atoms with Gasteiger partial charge in [-0.25, -0.2) is 0 Å². The van der Waals surface area contributed by atoms with Crippen LogP contribution in [-0.4, -0.2) is 66.3 Å². The summed E-state index contributed by atoms with van der Waals surface area (Å²) in [6.45, 7) is 11.3. The van der Waals surface area contributed by atoms with Crippen LogP contribution in [0.4, 0.5) is 0 Å². The van der Waals surface area contributed by atoms with Gasteiger partial charge in [-0.2, -0.15) is 0 Å². The molecule has 2 aliphatic rings. The van der Waals surface area contributed by atoms with E-state index in [1.54, 1.807) is 0 Å². The van der Waals surface area contributed by atoms with E-state index in [2.05, 4.69) is 23.9 Å². The normalized spacial score (nSPS) is 26.7. The molecule has 3 rings (SSSR count). The lowest BCUT2D eigenvalue weighted by Crippen LogP contribution is -2.53. The summed E-state index contributed by atoms with van der Waals surface area (Å²) in [6.07, 6.45) is 3.59. The predicted octanol–water partition coefficient (Wildman–Crippen LogP) is 1.95. The Morgan fingerprint density at radius 3 is 2.87 bits per heavy atom. The van der Waals surface area contributed by atoms with Crippen molar-refractivity contribution in [3.05, 3.63) is 17.5 Å². The zero-order chi connectivity index (χ0) is 16.4. The van der Waals surface area contributed by atoms with Crippen molar-refractivity contribution in [2.45, 2.75) is 39.7 Å². The van der Waals surface area contributed by atoms with Gasteiger partial charge in [0.15, 0.2) is 0 Å². The second kappa shape index (κ2) is 6.61. The zero-order valence-corrected chi connectivity index (χ0v) is 14.4. The second-order valence-corrected chi connectivity index (χ2v) is 7.26.